The Morgan fingerprint density at radius 2 is 1.66 bits per heavy atom. The van der Waals surface area contributed by atoms with Crippen LogP contribution in [0.5, 0.6) is 5.75 Å². The number of fused-ring (bicyclic) bond motifs is 4. The number of alkyl halides is 2. The van der Waals surface area contributed by atoms with Gasteiger partial charge in [0.2, 0.25) is 11.8 Å². The minimum atomic E-state index is -1.99. The van der Waals surface area contributed by atoms with Crippen molar-refractivity contribution in [3.05, 3.63) is 77.1 Å². The summed E-state index contributed by atoms with van der Waals surface area (Å²) in [6, 6.07) is 13.6. The molecule has 1 saturated carbocycles. The van der Waals surface area contributed by atoms with Gasteiger partial charge in [-0.05, 0) is 54.9 Å². The largest absolute Gasteiger partial charge is 0.505 e. The van der Waals surface area contributed by atoms with Crippen LogP contribution in [0.1, 0.15) is 42.7 Å². The number of benzene rings is 2. The molecule has 44 heavy (non-hydrogen) atoms. The van der Waals surface area contributed by atoms with Crippen LogP contribution in [0.4, 0.5) is 4.39 Å². The summed E-state index contributed by atoms with van der Waals surface area (Å²) in [4.78, 5) is 56.0. The third-order valence-electron chi connectivity index (χ3n) is 10.5. The molecular formula is C33H32Cl2FN3O5. The summed E-state index contributed by atoms with van der Waals surface area (Å²) in [6.07, 6.45) is 3.29. The maximum absolute atomic E-state index is 14.7. The summed E-state index contributed by atoms with van der Waals surface area (Å²) < 4.78 is 14.7. The molecular weight excluding hydrogens is 608 g/mol. The number of phenolic OH excluding ortho intramolecular Hbond substituents is 1. The van der Waals surface area contributed by atoms with Gasteiger partial charge in [0, 0.05) is 38.6 Å². The van der Waals surface area contributed by atoms with E-state index < -0.39 is 56.8 Å². The van der Waals surface area contributed by atoms with Crippen LogP contribution < -0.4 is 0 Å². The second-order valence-corrected chi connectivity index (χ2v) is 14.0. The Hall–Kier alpha value is -3.27. The number of hydrogen-bond acceptors (Lipinski definition) is 6. The lowest BCUT2D eigenvalue weighted by atomic mass is 9.56. The Morgan fingerprint density at radius 1 is 0.955 bits per heavy atom. The Morgan fingerprint density at radius 3 is 2.34 bits per heavy atom. The molecule has 0 aromatic heterocycles. The first-order chi connectivity index (χ1) is 21.0. The molecule has 4 fully saturated rings. The van der Waals surface area contributed by atoms with E-state index in [0.717, 1.165) is 36.7 Å². The van der Waals surface area contributed by atoms with Crippen LogP contribution in [0.25, 0.3) is 0 Å². The molecule has 3 aliphatic heterocycles. The minimum absolute atomic E-state index is 0.112. The fraction of sp³-hybridized carbons (Fsp3) is 0.455. The molecule has 0 spiro atoms. The molecule has 0 radical (unpaired) electrons. The van der Waals surface area contributed by atoms with Crippen molar-refractivity contribution in [3.8, 4) is 5.75 Å². The summed E-state index contributed by atoms with van der Waals surface area (Å²) in [5.41, 5.74) is 2.06. The van der Waals surface area contributed by atoms with Crippen molar-refractivity contribution in [1.29, 1.82) is 0 Å². The predicted octanol–water partition coefficient (Wildman–Crippen LogP) is 4.18. The van der Waals surface area contributed by atoms with Crippen molar-refractivity contribution in [3.63, 3.8) is 0 Å². The number of carbonyl (C=O) groups excluding carboxylic acids is 4. The van der Waals surface area contributed by atoms with Crippen LogP contribution >= 0.6 is 23.2 Å². The number of amides is 4. The normalized spacial score (nSPS) is 34.2. The van der Waals surface area contributed by atoms with Crippen molar-refractivity contribution in [2.75, 3.05) is 20.1 Å². The van der Waals surface area contributed by atoms with E-state index in [-0.39, 0.29) is 36.3 Å². The lowest BCUT2D eigenvalue weighted by Crippen LogP contribution is -2.60. The lowest BCUT2D eigenvalue weighted by Gasteiger charge is -2.50. The van der Waals surface area contributed by atoms with Gasteiger partial charge in [0.05, 0.1) is 11.8 Å². The first kappa shape index (κ1) is 29.4. The number of likely N-dealkylation sites (tertiary alicyclic amines) is 3. The zero-order chi connectivity index (χ0) is 31.1. The zero-order valence-corrected chi connectivity index (χ0v) is 25.6. The highest BCUT2D eigenvalue weighted by Crippen LogP contribution is 2.65. The lowest BCUT2D eigenvalue weighted by molar-refractivity contribution is -0.144. The van der Waals surface area contributed by atoms with Gasteiger partial charge in [0.1, 0.15) is 0 Å². The molecule has 11 heteroatoms. The molecule has 230 valence electrons. The number of halogens is 3. The molecule has 0 unspecified atom stereocenters. The van der Waals surface area contributed by atoms with Gasteiger partial charge in [-0.1, -0.05) is 48.0 Å². The number of carbonyl (C=O) groups is 4. The van der Waals surface area contributed by atoms with E-state index >= 15 is 0 Å². The quantitative estimate of drug-likeness (QED) is 0.306. The monoisotopic (exact) mass is 639 g/mol. The highest BCUT2D eigenvalue weighted by molar-refractivity contribution is 6.53. The molecule has 7 rings (SSSR count). The van der Waals surface area contributed by atoms with Crippen molar-refractivity contribution >= 4 is 46.8 Å². The maximum atomic E-state index is 14.7. The third-order valence-corrected chi connectivity index (χ3v) is 11.9. The summed E-state index contributed by atoms with van der Waals surface area (Å²) in [5, 5.41) is 9.87. The summed E-state index contributed by atoms with van der Waals surface area (Å²) in [6.45, 7) is 2.29. The molecule has 1 N–H and O–H groups in total. The van der Waals surface area contributed by atoms with E-state index in [1.807, 2.05) is 24.3 Å². The Kier molecular flexibility index (Phi) is 6.95. The standard InChI is InChI=1S/C33H32Cl2FN3O5/c1-37-30(43)32(34)16-23-21(27(33(32,35)31(37)44)19-7-10-25(40)24(36)15-19)8-9-22-26(23)29(42)39(28(22)41)20-11-13-38(14-12-20)17-18-5-3-2-4-6-18/h2-8,10,15,20,22-23,26-27,40H,9,11-14,16-17H2,1H3/t22-,23+,26-,27-,32+,33-/m0/s1. The van der Waals surface area contributed by atoms with Crippen molar-refractivity contribution in [1.82, 2.24) is 14.7 Å². The van der Waals surface area contributed by atoms with E-state index in [2.05, 4.69) is 17.0 Å². The van der Waals surface area contributed by atoms with Gasteiger partial charge in [-0.3, -0.25) is 33.9 Å². The van der Waals surface area contributed by atoms with Crippen LogP contribution in [0.3, 0.4) is 0 Å². The van der Waals surface area contributed by atoms with E-state index in [0.29, 0.717) is 18.4 Å². The fourth-order valence-corrected chi connectivity index (χ4v) is 9.40. The van der Waals surface area contributed by atoms with Gasteiger partial charge >= 0.3 is 0 Å². The van der Waals surface area contributed by atoms with Crippen molar-refractivity contribution < 1.29 is 28.7 Å². The van der Waals surface area contributed by atoms with Gasteiger partial charge in [-0.25, -0.2) is 4.39 Å². The first-order valence-corrected chi connectivity index (χ1v) is 15.7. The fourth-order valence-electron chi connectivity index (χ4n) is 8.38. The van der Waals surface area contributed by atoms with E-state index in [9.17, 15) is 28.7 Å². The van der Waals surface area contributed by atoms with Crippen molar-refractivity contribution in [2.24, 2.45) is 17.8 Å². The average Bonchev–Trinajstić information content (AvgIpc) is 3.34. The first-order valence-electron chi connectivity index (χ1n) is 15.0. The average molecular weight is 641 g/mol. The molecule has 6 atom stereocenters. The van der Waals surface area contributed by atoms with Gasteiger partial charge in [0.15, 0.2) is 21.3 Å². The topological polar surface area (TPSA) is 98.2 Å². The van der Waals surface area contributed by atoms with Crippen LogP contribution in [-0.4, -0.2) is 79.4 Å². The highest BCUT2D eigenvalue weighted by atomic mass is 35.5. The number of phenols is 1. The minimum Gasteiger partial charge on any atom is -0.505 e. The molecule has 3 saturated heterocycles. The molecule has 3 heterocycles. The maximum Gasteiger partial charge on any atom is 0.253 e. The van der Waals surface area contributed by atoms with Gasteiger partial charge in [-0.15, -0.1) is 23.2 Å². The third kappa shape index (κ3) is 4.05. The number of rotatable bonds is 4. The Bertz CT molecular complexity index is 1610. The zero-order valence-electron chi connectivity index (χ0n) is 24.1. The molecule has 4 amide bonds. The van der Waals surface area contributed by atoms with E-state index in [1.54, 1.807) is 0 Å². The molecule has 2 aliphatic carbocycles. The molecule has 2 aromatic rings. The van der Waals surface area contributed by atoms with E-state index in [1.165, 1.54) is 23.6 Å². The van der Waals surface area contributed by atoms with Crippen molar-refractivity contribution in [2.45, 2.75) is 53.9 Å². The Labute approximate surface area is 264 Å². The second kappa shape index (κ2) is 10.4. The number of nitrogens with zero attached hydrogens (tertiary/aromatic N) is 3. The SMILES string of the molecule is CN1C(=O)[C@]2(Cl)C[C@@H]3C(=CC[C@@H]4C(=O)N(C5CCN(Cc6ccccc6)CC5)C(=O)[C@@H]43)[C@H](c3ccc(O)c(F)c3)[C@]2(Cl)C1=O. The van der Waals surface area contributed by atoms with Gasteiger partial charge in [-0.2, -0.15) is 0 Å². The number of aromatic hydroxyl groups is 1. The summed E-state index contributed by atoms with van der Waals surface area (Å²) in [5.74, 6) is -6.53. The van der Waals surface area contributed by atoms with Crippen LogP contribution in [0.2, 0.25) is 0 Å². The summed E-state index contributed by atoms with van der Waals surface area (Å²) in [7, 11) is 1.31. The molecule has 0 bridgehead atoms. The van der Waals surface area contributed by atoms with Gasteiger partial charge in [0.25, 0.3) is 11.8 Å². The predicted molar refractivity (Wildman–Crippen MR) is 160 cm³/mol. The molecule has 5 aliphatic rings. The number of allylic oxidation sites excluding steroid dienone is 2. The van der Waals surface area contributed by atoms with Gasteiger partial charge < -0.3 is 5.11 Å². The van der Waals surface area contributed by atoms with E-state index in [4.69, 9.17) is 23.2 Å². The van der Waals surface area contributed by atoms with Crippen LogP contribution in [0.15, 0.2) is 60.2 Å². The Balaban J connectivity index is 1.21. The highest BCUT2D eigenvalue weighted by Gasteiger charge is 2.76. The number of piperidine rings is 1. The van der Waals surface area contributed by atoms with Crippen LogP contribution in [0, 0.1) is 23.6 Å². The second-order valence-electron chi connectivity index (χ2n) is 12.7. The molecule has 2 aromatic carbocycles. The smallest absolute Gasteiger partial charge is 0.253 e. The molecule has 8 nitrogen and oxygen atoms in total. The van der Waals surface area contributed by atoms with Crippen LogP contribution in [-0.2, 0) is 25.7 Å². The summed E-state index contributed by atoms with van der Waals surface area (Å²) >= 11 is 14.3. The number of hydrogen-bond donors (Lipinski definition) is 1. The number of imide groups is 2.